The maximum atomic E-state index is 7.32. The Kier molecular flexibility index (Phi) is 8.17. The average Bonchev–Trinajstić information content (AvgIpc) is 3.58. The van der Waals surface area contributed by atoms with Crippen LogP contribution in [-0.2, 0) is 4.52 Å². The summed E-state index contributed by atoms with van der Waals surface area (Å²) in [6.07, 6.45) is 8.21. The summed E-state index contributed by atoms with van der Waals surface area (Å²) in [7, 11) is -0.232. The molecular weight excluding hydrogens is 505 g/mol. The van der Waals surface area contributed by atoms with E-state index in [0.717, 1.165) is 13.9 Å². The minimum absolute atomic E-state index is 0.326. The van der Waals surface area contributed by atoms with Crippen molar-refractivity contribution < 1.29 is 4.52 Å². The second-order valence-electron chi connectivity index (χ2n) is 10.3. The van der Waals surface area contributed by atoms with Gasteiger partial charge in [-0.25, -0.2) is 0 Å². The first kappa shape index (κ1) is 25.4. The van der Waals surface area contributed by atoms with Gasteiger partial charge in [0.2, 0.25) is 0 Å². The van der Waals surface area contributed by atoms with Gasteiger partial charge in [-0.05, 0) is 49.6 Å². The molecule has 0 bridgehead atoms. The molecule has 4 heteroatoms. The van der Waals surface area contributed by atoms with E-state index < -0.39 is 8.15 Å². The summed E-state index contributed by atoms with van der Waals surface area (Å²) in [6, 6.07) is 44.5. The Balaban J connectivity index is 1.31. The highest BCUT2D eigenvalue weighted by Gasteiger charge is 2.53. The second-order valence-corrected chi connectivity index (χ2v) is 16.9. The fourth-order valence-electron chi connectivity index (χ4n) is 6.33. The van der Waals surface area contributed by atoms with Crippen molar-refractivity contribution in [2.45, 2.75) is 50.3 Å². The van der Waals surface area contributed by atoms with Crippen LogP contribution in [0.25, 0.3) is 0 Å². The van der Waals surface area contributed by atoms with Gasteiger partial charge in [-0.15, -0.1) is 0 Å². The van der Waals surface area contributed by atoms with E-state index in [1.54, 1.807) is 0 Å². The van der Waals surface area contributed by atoms with Gasteiger partial charge in [-0.2, -0.15) is 0 Å². The molecule has 4 aromatic carbocycles. The van der Waals surface area contributed by atoms with Crippen LogP contribution in [0.5, 0.6) is 0 Å². The van der Waals surface area contributed by atoms with Gasteiger partial charge >= 0.3 is 0 Å². The van der Waals surface area contributed by atoms with Gasteiger partial charge in [0, 0.05) is 16.0 Å². The maximum Gasteiger partial charge on any atom is 0.0921 e. The van der Waals surface area contributed by atoms with Crippen LogP contribution in [0.15, 0.2) is 121 Å². The lowest BCUT2D eigenvalue weighted by atomic mass is 9.82. The quantitative estimate of drug-likeness (QED) is 0.207. The summed E-state index contributed by atoms with van der Waals surface area (Å²) in [4.78, 5) is 0. The van der Waals surface area contributed by atoms with Crippen molar-refractivity contribution in [3.8, 4) is 0 Å². The SMILES string of the molecule is c1ccc(P(OC2CCC[C@]23CCC[C@H]3PP(c2ccccc2)c2ccccc2)c2ccccc2)cc1. The Bertz CT molecular complexity index is 1070. The summed E-state index contributed by atoms with van der Waals surface area (Å²) in [5.41, 5.74) is 1.07. The van der Waals surface area contributed by atoms with Crippen molar-refractivity contribution >= 4 is 45.2 Å². The minimum atomic E-state index is -0.823. The Morgan fingerprint density at radius 3 is 1.49 bits per heavy atom. The molecular formula is C33H35OP3. The minimum Gasteiger partial charge on any atom is -0.346 e. The maximum absolute atomic E-state index is 7.32. The van der Waals surface area contributed by atoms with Crippen LogP contribution in [0, 0.1) is 5.41 Å². The summed E-state index contributed by atoms with van der Waals surface area (Å²) < 4.78 is 7.32. The molecule has 188 valence electrons. The largest absolute Gasteiger partial charge is 0.346 e. The number of benzene rings is 4. The summed E-state index contributed by atoms with van der Waals surface area (Å²) in [5, 5.41) is 5.71. The molecule has 2 aliphatic carbocycles. The van der Waals surface area contributed by atoms with Crippen LogP contribution in [0.3, 0.4) is 0 Å². The van der Waals surface area contributed by atoms with E-state index in [2.05, 4.69) is 121 Å². The molecule has 2 aliphatic rings. The van der Waals surface area contributed by atoms with Crippen LogP contribution in [0.4, 0.5) is 0 Å². The van der Waals surface area contributed by atoms with Crippen molar-refractivity contribution in [2.75, 3.05) is 0 Å². The van der Waals surface area contributed by atoms with Gasteiger partial charge in [0.25, 0.3) is 0 Å². The van der Waals surface area contributed by atoms with E-state index >= 15 is 0 Å². The Hall–Kier alpha value is -1.87. The predicted molar refractivity (Wildman–Crippen MR) is 165 cm³/mol. The molecule has 0 heterocycles. The summed E-state index contributed by atoms with van der Waals surface area (Å²) in [6.45, 7) is 0. The van der Waals surface area contributed by atoms with E-state index in [1.807, 2.05) is 0 Å². The molecule has 0 aliphatic heterocycles. The van der Waals surface area contributed by atoms with Crippen LogP contribution >= 0.6 is 24.0 Å². The Labute approximate surface area is 226 Å². The van der Waals surface area contributed by atoms with Crippen LogP contribution in [-0.4, -0.2) is 11.8 Å². The second kappa shape index (κ2) is 11.9. The monoisotopic (exact) mass is 540 g/mol. The number of rotatable bonds is 8. The lowest BCUT2D eigenvalue weighted by Crippen LogP contribution is -2.37. The van der Waals surface area contributed by atoms with Gasteiger partial charge < -0.3 is 4.52 Å². The van der Waals surface area contributed by atoms with Crippen molar-refractivity contribution in [1.82, 2.24) is 0 Å². The first-order chi connectivity index (χ1) is 18.3. The molecule has 6 rings (SSSR count). The van der Waals surface area contributed by atoms with Crippen molar-refractivity contribution in [3.63, 3.8) is 0 Å². The molecule has 4 aromatic rings. The fourth-order valence-corrected chi connectivity index (χ4v) is 15.1. The highest BCUT2D eigenvalue weighted by Crippen LogP contribution is 2.67. The normalized spacial score (nSPS) is 23.6. The summed E-state index contributed by atoms with van der Waals surface area (Å²) in [5.74, 6) is 0. The summed E-state index contributed by atoms with van der Waals surface area (Å²) >= 11 is 0. The fraction of sp³-hybridized carbons (Fsp3) is 0.273. The third kappa shape index (κ3) is 5.49. The molecule has 0 radical (unpaired) electrons. The molecule has 0 saturated heterocycles. The van der Waals surface area contributed by atoms with E-state index in [4.69, 9.17) is 4.52 Å². The lowest BCUT2D eigenvalue weighted by Gasteiger charge is -2.40. The van der Waals surface area contributed by atoms with Gasteiger partial charge in [0.15, 0.2) is 0 Å². The van der Waals surface area contributed by atoms with Gasteiger partial charge in [0.1, 0.15) is 0 Å². The molecule has 0 N–H and O–H groups in total. The number of hydrogen-bond acceptors (Lipinski definition) is 1. The van der Waals surface area contributed by atoms with Gasteiger partial charge in [-0.1, -0.05) is 142 Å². The van der Waals surface area contributed by atoms with E-state index in [1.165, 1.54) is 59.7 Å². The molecule has 2 fully saturated rings. The van der Waals surface area contributed by atoms with Crippen LogP contribution < -0.4 is 21.2 Å². The zero-order valence-corrected chi connectivity index (χ0v) is 24.0. The van der Waals surface area contributed by atoms with Crippen molar-refractivity contribution in [1.29, 1.82) is 0 Å². The van der Waals surface area contributed by atoms with Crippen molar-refractivity contribution in [3.05, 3.63) is 121 Å². The highest BCUT2D eigenvalue weighted by molar-refractivity contribution is 8.28. The predicted octanol–water partition coefficient (Wildman–Crippen LogP) is 7.87. The molecule has 37 heavy (non-hydrogen) atoms. The molecule has 1 spiro atoms. The van der Waals surface area contributed by atoms with Crippen molar-refractivity contribution in [2.24, 2.45) is 5.41 Å². The van der Waals surface area contributed by atoms with Crippen LogP contribution in [0.2, 0.25) is 0 Å². The lowest BCUT2D eigenvalue weighted by molar-refractivity contribution is 0.0983. The van der Waals surface area contributed by atoms with Crippen LogP contribution in [0.1, 0.15) is 38.5 Å². The standard InChI is InChI=1S/C33H35OP3/c1-5-15-27(16-6-1)36(28-17-7-2-8-18-28)34-31-23-13-25-33(31)26-14-24-32(33)35-37(29-19-9-3-10-20-29)30-21-11-4-12-22-30/h1-12,15-22,31-32,35H,13-14,23-26H2/t31?,32-,33+/m1/s1. The van der Waals surface area contributed by atoms with E-state index in [9.17, 15) is 0 Å². The van der Waals surface area contributed by atoms with E-state index in [-0.39, 0.29) is 7.61 Å². The molecule has 2 unspecified atom stereocenters. The van der Waals surface area contributed by atoms with E-state index in [0.29, 0.717) is 11.5 Å². The number of hydrogen-bond donors (Lipinski definition) is 0. The van der Waals surface area contributed by atoms with Gasteiger partial charge in [-0.3, -0.25) is 0 Å². The zero-order valence-electron chi connectivity index (χ0n) is 21.2. The molecule has 4 atom stereocenters. The Morgan fingerprint density at radius 1 is 0.568 bits per heavy atom. The molecule has 0 amide bonds. The zero-order chi connectivity index (χ0) is 24.9. The molecule has 1 nitrogen and oxygen atoms in total. The third-order valence-corrected chi connectivity index (χ3v) is 16.4. The van der Waals surface area contributed by atoms with Gasteiger partial charge in [0.05, 0.1) is 14.3 Å². The molecule has 2 saturated carbocycles. The first-order valence-corrected chi connectivity index (χ1v) is 18.1. The topological polar surface area (TPSA) is 9.23 Å². The smallest absolute Gasteiger partial charge is 0.0921 e. The Morgan fingerprint density at radius 2 is 1.00 bits per heavy atom. The third-order valence-electron chi connectivity index (χ3n) is 8.11. The highest BCUT2D eigenvalue weighted by atomic mass is 32.0. The molecule has 0 aromatic heterocycles. The first-order valence-electron chi connectivity index (χ1n) is 13.6. The average molecular weight is 541 g/mol.